The lowest BCUT2D eigenvalue weighted by Crippen LogP contribution is -2.24. The molecule has 0 saturated carbocycles. The van der Waals surface area contributed by atoms with Gasteiger partial charge in [-0.2, -0.15) is 0 Å². The van der Waals surface area contributed by atoms with Crippen molar-refractivity contribution in [3.63, 3.8) is 0 Å². The van der Waals surface area contributed by atoms with Crippen LogP contribution in [0.15, 0.2) is 42.5 Å². The van der Waals surface area contributed by atoms with Crippen molar-refractivity contribution in [2.24, 2.45) is 0 Å². The van der Waals surface area contributed by atoms with Crippen molar-refractivity contribution in [3.05, 3.63) is 48.0 Å². The zero-order valence-electron chi connectivity index (χ0n) is 11.0. The highest BCUT2D eigenvalue weighted by Crippen LogP contribution is 2.00. The van der Waals surface area contributed by atoms with E-state index in [1.165, 1.54) is 0 Å². The summed E-state index contributed by atoms with van der Waals surface area (Å²) in [7, 11) is 0. The molecular weight excluding hydrogens is 280 g/mol. The summed E-state index contributed by atoms with van der Waals surface area (Å²) in [5.41, 5.74) is 0.936. The number of benzene rings is 1. The Morgan fingerprint density at radius 2 is 2.05 bits per heavy atom. The minimum atomic E-state index is -1.99. The van der Waals surface area contributed by atoms with Crippen LogP contribution in [0.25, 0.3) is 0 Å². The van der Waals surface area contributed by atoms with Crippen molar-refractivity contribution in [2.45, 2.75) is 13.0 Å². The fourth-order valence-electron chi connectivity index (χ4n) is 1.35. The molecule has 1 rings (SSSR count). The number of amides is 1. The van der Waals surface area contributed by atoms with Crippen LogP contribution in [0, 0.1) is 0 Å². The first-order valence-corrected chi connectivity index (χ1v) is 7.23. The molecule has 7 heteroatoms. The van der Waals surface area contributed by atoms with E-state index in [-0.39, 0.29) is 6.61 Å². The largest absolute Gasteiger partial charge is 0.445 e. The number of alkyl carbamates (subject to hydrolysis) is 1. The first-order valence-electron chi connectivity index (χ1n) is 6.12. The number of nitrogens with one attached hydrogen (secondary N) is 2. The van der Waals surface area contributed by atoms with Crippen LogP contribution >= 0.6 is 0 Å². The van der Waals surface area contributed by atoms with Gasteiger partial charge in [0.1, 0.15) is 6.61 Å². The van der Waals surface area contributed by atoms with E-state index in [0.717, 1.165) is 5.56 Å². The molecule has 110 valence electrons. The molecule has 0 aliphatic carbocycles. The van der Waals surface area contributed by atoms with Crippen LogP contribution in [-0.4, -0.2) is 27.9 Å². The molecule has 0 spiro atoms. The van der Waals surface area contributed by atoms with E-state index < -0.39 is 17.4 Å². The number of rotatable bonds is 8. The van der Waals surface area contributed by atoms with Crippen LogP contribution in [0.3, 0.4) is 0 Å². The monoisotopic (exact) mass is 298 g/mol. The molecule has 0 bridgehead atoms. The lowest BCUT2D eigenvalue weighted by atomic mass is 10.2. The summed E-state index contributed by atoms with van der Waals surface area (Å²) in [4.78, 5) is 11.4. The number of hydrogen-bond acceptors (Lipinski definition) is 3. The molecule has 0 saturated heterocycles. The summed E-state index contributed by atoms with van der Waals surface area (Å²) >= 11 is -1.99. The second-order valence-corrected chi connectivity index (χ2v) is 4.63. The highest BCUT2D eigenvalue weighted by atomic mass is 32.2. The minimum Gasteiger partial charge on any atom is -0.445 e. The van der Waals surface area contributed by atoms with E-state index in [1.54, 1.807) is 12.2 Å². The summed E-state index contributed by atoms with van der Waals surface area (Å²) in [6.07, 6.45) is 3.68. The maximum Gasteiger partial charge on any atom is 0.407 e. The highest BCUT2D eigenvalue weighted by molar-refractivity contribution is 7.77. The molecular formula is C13H18N2O4S. The molecule has 0 aliphatic rings. The molecule has 1 amide bonds. The average molecular weight is 298 g/mol. The van der Waals surface area contributed by atoms with Gasteiger partial charge in [0.05, 0.1) is 0 Å². The number of ether oxygens (including phenoxy) is 1. The van der Waals surface area contributed by atoms with E-state index in [1.807, 2.05) is 30.3 Å². The molecule has 0 aliphatic heterocycles. The minimum absolute atomic E-state index is 0.245. The molecule has 1 unspecified atom stereocenters. The van der Waals surface area contributed by atoms with Gasteiger partial charge < -0.3 is 10.1 Å². The van der Waals surface area contributed by atoms with Gasteiger partial charge in [0, 0.05) is 13.1 Å². The maximum atomic E-state index is 11.4. The summed E-state index contributed by atoms with van der Waals surface area (Å²) in [5.74, 6) is 0. The van der Waals surface area contributed by atoms with Crippen molar-refractivity contribution in [1.82, 2.24) is 10.0 Å². The quantitative estimate of drug-likeness (QED) is 0.386. The van der Waals surface area contributed by atoms with Crippen molar-refractivity contribution >= 4 is 17.4 Å². The van der Waals surface area contributed by atoms with Crippen molar-refractivity contribution < 1.29 is 18.3 Å². The Bertz CT molecular complexity index is 451. The standard InChI is InChI=1S/C13H18N2O4S/c16-13(19-11-12-7-3-1-4-8-12)14-9-5-2-6-10-15-20(17)18/h1-4,6-8,15H,5,9-11H2,(H,14,16)(H,17,18). The fraction of sp³-hybridized carbons (Fsp3) is 0.308. The highest BCUT2D eigenvalue weighted by Gasteiger charge is 2.00. The second-order valence-electron chi connectivity index (χ2n) is 3.85. The van der Waals surface area contributed by atoms with Crippen LogP contribution in [0.4, 0.5) is 4.79 Å². The third-order valence-electron chi connectivity index (χ3n) is 2.28. The smallest absolute Gasteiger partial charge is 0.407 e. The third kappa shape index (κ3) is 8.41. The van der Waals surface area contributed by atoms with Gasteiger partial charge in [-0.25, -0.2) is 13.7 Å². The number of carbonyl (C=O) groups is 1. The Balaban J connectivity index is 2.04. The second kappa shape index (κ2) is 10.1. The lowest BCUT2D eigenvalue weighted by molar-refractivity contribution is 0.140. The molecule has 1 aromatic carbocycles. The zero-order valence-corrected chi connectivity index (χ0v) is 11.8. The van der Waals surface area contributed by atoms with E-state index in [0.29, 0.717) is 19.5 Å². The van der Waals surface area contributed by atoms with Gasteiger partial charge in [-0.1, -0.05) is 42.5 Å². The normalized spacial score (nSPS) is 12.2. The van der Waals surface area contributed by atoms with E-state index in [2.05, 4.69) is 10.0 Å². The zero-order chi connectivity index (χ0) is 14.6. The Labute approximate surface area is 120 Å². The Hall–Kier alpha value is -1.70. The fourth-order valence-corrected chi connectivity index (χ4v) is 1.59. The summed E-state index contributed by atoms with van der Waals surface area (Å²) in [6, 6.07) is 9.43. The topological polar surface area (TPSA) is 87.7 Å². The van der Waals surface area contributed by atoms with Crippen LogP contribution in [0.5, 0.6) is 0 Å². The summed E-state index contributed by atoms with van der Waals surface area (Å²) < 4.78 is 26.0. The van der Waals surface area contributed by atoms with Gasteiger partial charge in [-0.3, -0.25) is 4.55 Å². The Morgan fingerprint density at radius 3 is 2.75 bits per heavy atom. The third-order valence-corrected chi connectivity index (χ3v) is 2.70. The van der Waals surface area contributed by atoms with Crippen LogP contribution < -0.4 is 10.0 Å². The summed E-state index contributed by atoms with van der Waals surface area (Å²) in [5, 5.41) is 2.61. The first-order chi connectivity index (χ1) is 9.68. The maximum absolute atomic E-state index is 11.4. The van der Waals surface area contributed by atoms with Crippen LogP contribution in [0.1, 0.15) is 12.0 Å². The lowest BCUT2D eigenvalue weighted by Gasteiger charge is -2.05. The molecule has 6 nitrogen and oxygen atoms in total. The molecule has 0 radical (unpaired) electrons. The van der Waals surface area contributed by atoms with Crippen LogP contribution in [-0.2, 0) is 22.6 Å². The first kappa shape index (κ1) is 16.4. The van der Waals surface area contributed by atoms with Gasteiger partial charge >= 0.3 is 6.09 Å². The molecule has 20 heavy (non-hydrogen) atoms. The molecule has 0 heterocycles. The van der Waals surface area contributed by atoms with Gasteiger partial charge in [-0.05, 0) is 12.0 Å². The molecule has 0 aromatic heterocycles. The predicted molar refractivity (Wildman–Crippen MR) is 77.2 cm³/mol. The van der Waals surface area contributed by atoms with Crippen LogP contribution in [0.2, 0.25) is 0 Å². The van der Waals surface area contributed by atoms with Gasteiger partial charge in [0.25, 0.3) is 0 Å². The van der Waals surface area contributed by atoms with Crippen molar-refractivity contribution in [1.29, 1.82) is 0 Å². The molecule has 1 atom stereocenters. The Kier molecular flexibility index (Phi) is 8.28. The Morgan fingerprint density at radius 1 is 1.30 bits per heavy atom. The summed E-state index contributed by atoms with van der Waals surface area (Å²) in [6.45, 7) is 1.00. The average Bonchev–Trinajstić information content (AvgIpc) is 2.45. The SMILES string of the molecule is O=C(NCCC=CCNS(=O)O)OCc1ccccc1. The van der Waals surface area contributed by atoms with E-state index >= 15 is 0 Å². The number of carbonyl (C=O) groups excluding carboxylic acids is 1. The predicted octanol–water partition coefficient (Wildman–Crippen LogP) is 1.59. The van der Waals surface area contributed by atoms with Crippen molar-refractivity contribution in [3.8, 4) is 0 Å². The van der Waals surface area contributed by atoms with E-state index in [9.17, 15) is 9.00 Å². The van der Waals surface area contributed by atoms with Gasteiger partial charge in [0.15, 0.2) is 0 Å². The van der Waals surface area contributed by atoms with Gasteiger partial charge in [-0.15, -0.1) is 0 Å². The van der Waals surface area contributed by atoms with Crippen molar-refractivity contribution in [2.75, 3.05) is 13.1 Å². The number of hydrogen-bond donors (Lipinski definition) is 3. The molecule has 1 aromatic rings. The van der Waals surface area contributed by atoms with Gasteiger partial charge in [0.2, 0.25) is 11.3 Å². The van der Waals surface area contributed by atoms with E-state index in [4.69, 9.17) is 9.29 Å². The molecule has 0 fully saturated rings. The molecule has 3 N–H and O–H groups in total.